The molecule has 1 aromatic rings. The van der Waals surface area contributed by atoms with Crippen LogP contribution in [0.3, 0.4) is 0 Å². The number of piperazine rings is 1. The molecule has 2 rings (SSSR count). The van der Waals surface area contributed by atoms with Gasteiger partial charge in [-0.05, 0) is 12.1 Å². The molecule has 3 N–H and O–H groups in total. The van der Waals surface area contributed by atoms with Crippen molar-refractivity contribution in [3.8, 4) is 11.5 Å². The van der Waals surface area contributed by atoms with Crippen LogP contribution < -0.4 is 5.32 Å². The highest BCUT2D eigenvalue weighted by molar-refractivity contribution is 5.98. The van der Waals surface area contributed by atoms with E-state index in [1.54, 1.807) is 4.90 Å². The van der Waals surface area contributed by atoms with Crippen LogP contribution in [0.4, 0.5) is 0 Å². The zero-order valence-electron chi connectivity index (χ0n) is 11.9. The molecule has 7 heteroatoms. The van der Waals surface area contributed by atoms with Gasteiger partial charge >= 0.3 is 0 Å². The number of likely N-dealkylation sites (N-methyl/N-ethyl adjacent to an activating group) is 1. The summed E-state index contributed by atoms with van der Waals surface area (Å²) in [6.07, 6.45) is 0. The summed E-state index contributed by atoms with van der Waals surface area (Å²) in [6, 6.07) is 3.75. The van der Waals surface area contributed by atoms with Crippen LogP contribution in [-0.2, 0) is 4.79 Å². The first-order chi connectivity index (χ1) is 9.99. The van der Waals surface area contributed by atoms with Crippen molar-refractivity contribution in [2.45, 2.75) is 0 Å². The van der Waals surface area contributed by atoms with Crippen molar-refractivity contribution < 1.29 is 19.8 Å². The van der Waals surface area contributed by atoms with Crippen molar-refractivity contribution in [3.63, 3.8) is 0 Å². The highest BCUT2D eigenvalue weighted by Crippen LogP contribution is 2.23. The topological polar surface area (TPSA) is 93.1 Å². The normalized spacial score (nSPS) is 14.8. The lowest BCUT2D eigenvalue weighted by atomic mass is 10.1. The van der Waals surface area contributed by atoms with Gasteiger partial charge in [-0.1, -0.05) is 0 Å². The third-order valence-corrected chi connectivity index (χ3v) is 3.40. The van der Waals surface area contributed by atoms with Gasteiger partial charge in [-0.2, -0.15) is 0 Å². The van der Waals surface area contributed by atoms with Crippen LogP contribution in [0.1, 0.15) is 10.4 Å². The minimum absolute atomic E-state index is 0.0425. The molecular formula is C14H19N3O4. The molecule has 2 amide bonds. The van der Waals surface area contributed by atoms with Crippen molar-refractivity contribution in [2.75, 3.05) is 39.8 Å². The average Bonchev–Trinajstić information content (AvgIpc) is 2.47. The molecule has 0 aromatic heterocycles. The monoisotopic (exact) mass is 293 g/mol. The lowest BCUT2D eigenvalue weighted by Crippen LogP contribution is -2.49. The smallest absolute Gasteiger partial charge is 0.257 e. The molecule has 21 heavy (non-hydrogen) atoms. The largest absolute Gasteiger partial charge is 0.508 e. The molecule has 1 aromatic carbocycles. The summed E-state index contributed by atoms with van der Waals surface area (Å²) in [5, 5.41) is 22.1. The molecule has 0 aliphatic carbocycles. The van der Waals surface area contributed by atoms with Gasteiger partial charge in [-0.3, -0.25) is 9.59 Å². The highest BCUT2D eigenvalue weighted by atomic mass is 16.3. The fourth-order valence-electron chi connectivity index (χ4n) is 2.20. The van der Waals surface area contributed by atoms with Crippen molar-refractivity contribution >= 4 is 11.8 Å². The van der Waals surface area contributed by atoms with Crippen molar-refractivity contribution in [2.24, 2.45) is 0 Å². The Hall–Kier alpha value is -2.28. The predicted molar refractivity (Wildman–Crippen MR) is 76.2 cm³/mol. The Labute approximate surface area is 122 Å². The number of carbonyl (C=O) groups is 2. The predicted octanol–water partition coefficient (Wildman–Crippen LogP) is -0.398. The summed E-state index contributed by atoms with van der Waals surface area (Å²) in [4.78, 5) is 27.2. The average molecular weight is 293 g/mol. The van der Waals surface area contributed by atoms with E-state index in [1.165, 1.54) is 24.1 Å². The number of carbonyl (C=O) groups excluding carboxylic acids is 2. The third kappa shape index (κ3) is 3.63. The second kappa shape index (κ2) is 6.45. The molecule has 1 saturated heterocycles. The lowest BCUT2D eigenvalue weighted by Gasteiger charge is -2.29. The van der Waals surface area contributed by atoms with Crippen molar-refractivity contribution in [1.29, 1.82) is 0 Å². The maximum absolute atomic E-state index is 12.2. The van der Waals surface area contributed by atoms with Crippen LogP contribution in [0.25, 0.3) is 0 Å². The first-order valence-electron chi connectivity index (χ1n) is 6.75. The molecule has 0 radical (unpaired) electrons. The van der Waals surface area contributed by atoms with Gasteiger partial charge in [-0.25, -0.2) is 0 Å². The number of amides is 2. The first-order valence-corrected chi connectivity index (χ1v) is 6.75. The highest BCUT2D eigenvalue weighted by Gasteiger charge is 2.22. The van der Waals surface area contributed by atoms with E-state index in [4.69, 9.17) is 0 Å². The molecule has 1 aliphatic heterocycles. The van der Waals surface area contributed by atoms with Crippen molar-refractivity contribution in [1.82, 2.24) is 15.1 Å². The number of nitrogens with one attached hydrogen (secondary N) is 1. The van der Waals surface area contributed by atoms with Gasteiger partial charge in [0.25, 0.3) is 5.91 Å². The molecule has 0 unspecified atom stereocenters. The van der Waals surface area contributed by atoms with Crippen LogP contribution in [0, 0.1) is 0 Å². The number of hydrogen-bond acceptors (Lipinski definition) is 5. The number of phenolic OH excluding ortho intramolecular Hbond substituents is 2. The van der Waals surface area contributed by atoms with Gasteiger partial charge in [0, 0.05) is 39.3 Å². The Balaban J connectivity index is 2.00. The summed E-state index contributed by atoms with van der Waals surface area (Å²) >= 11 is 0. The summed E-state index contributed by atoms with van der Waals surface area (Å²) < 4.78 is 0. The molecular weight excluding hydrogens is 274 g/mol. The Morgan fingerprint density at radius 3 is 2.57 bits per heavy atom. The number of hydrogen-bond donors (Lipinski definition) is 3. The molecule has 0 atom stereocenters. The Kier molecular flexibility index (Phi) is 4.64. The molecule has 7 nitrogen and oxygen atoms in total. The Morgan fingerprint density at radius 1 is 1.29 bits per heavy atom. The van der Waals surface area contributed by atoms with Crippen LogP contribution in [0.15, 0.2) is 18.2 Å². The third-order valence-electron chi connectivity index (χ3n) is 3.40. The Bertz CT molecular complexity index is 541. The Morgan fingerprint density at radius 2 is 1.95 bits per heavy atom. The van der Waals surface area contributed by atoms with E-state index in [1.807, 2.05) is 0 Å². The van der Waals surface area contributed by atoms with E-state index in [9.17, 15) is 19.8 Å². The summed E-state index contributed by atoms with van der Waals surface area (Å²) in [5.41, 5.74) is 0.0587. The molecule has 0 spiro atoms. The molecule has 0 bridgehead atoms. The summed E-state index contributed by atoms with van der Waals surface area (Å²) in [5.74, 6) is -1.01. The van der Waals surface area contributed by atoms with Gasteiger partial charge in [0.2, 0.25) is 5.91 Å². The molecule has 0 saturated carbocycles. The standard InChI is InChI=1S/C14H19N3O4/c1-16(9-13(20)17-6-4-15-5-7-17)14(21)11-3-2-10(18)8-12(11)19/h2-3,8,15,18-19H,4-7,9H2,1H3. The second-order valence-electron chi connectivity index (χ2n) is 4.99. The van der Waals surface area contributed by atoms with Crippen LogP contribution >= 0.6 is 0 Å². The lowest BCUT2D eigenvalue weighted by molar-refractivity contribution is -0.132. The van der Waals surface area contributed by atoms with Crippen LogP contribution in [0.2, 0.25) is 0 Å². The number of rotatable bonds is 3. The minimum Gasteiger partial charge on any atom is -0.508 e. The van der Waals surface area contributed by atoms with Gasteiger partial charge in [-0.15, -0.1) is 0 Å². The SMILES string of the molecule is CN(CC(=O)N1CCNCC1)C(=O)c1ccc(O)cc1O. The molecule has 1 fully saturated rings. The zero-order chi connectivity index (χ0) is 15.4. The maximum atomic E-state index is 12.2. The number of phenols is 2. The van der Waals surface area contributed by atoms with E-state index in [0.29, 0.717) is 13.1 Å². The fourth-order valence-corrected chi connectivity index (χ4v) is 2.20. The molecule has 114 valence electrons. The zero-order valence-corrected chi connectivity index (χ0v) is 11.9. The van der Waals surface area contributed by atoms with Gasteiger partial charge in [0.15, 0.2) is 0 Å². The molecule has 1 heterocycles. The molecule has 1 aliphatic rings. The van der Waals surface area contributed by atoms with Gasteiger partial charge in [0.1, 0.15) is 11.5 Å². The van der Waals surface area contributed by atoms with Crippen molar-refractivity contribution in [3.05, 3.63) is 23.8 Å². The van der Waals surface area contributed by atoms with Gasteiger partial charge < -0.3 is 25.3 Å². The summed E-state index contributed by atoms with van der Waals surface area (Å²) in [7, 11) is 1.51. The van der Waals surface area contributed by atoms with E-state index in [0.717, 1.165) is 19.2 Å². The van der Waals surface area contributed by atoms with Gasteiger partial charge in [0.05, 0.1) is 12.1 Å². The second-order valence-corrected chi connectivity index (χ2v) is 4.99. The van der Waals surface area contributed by atoms with E-state index < -0.39 is 5.91 Å². The first kappa shape index (κ1) is 15.1. The van der Waals surface area contributed by atoms with E-state index >= 15 is 0 Å². The van der Waals surface area contributed by atoms with E-state index in [-0.39, 0.29) is 29.5 Å². The minimum atomic E-state index is -0.462. The number of nitrogens with zero attached hydrogens (tertiary/aromatic N) is 2. The van der Waals surface area contributed by atoms with Crippen LogP contribution in [0.5, 0.6) is 11.5 Å². The number of benzene rings is 1. The van der Waals surface area contributed by atoms with Crippen LogP contribution in [-0.4, -0.2) is 71.6 Å². The summed E-state index contributed by atoms with van der Waals surface area (Å²) in [6.45, 7) is 2.72. The van der Waals surface area contributed by atoms with E-state index in [2.05, 4.69) is 5.32 Å². The quantitative estimate of drug-likeness (QED) is 0.705. The fraction of sp³-hybridized carbons (Fsp3) is 0.429. The number of aromatic hydroxyl groups is 2. The maximum Gasteiger partial charge on any atom is 0.257 e.